The fourth-order valence-corrected chi connectivity index (χ4v) is 2.47. The van der Waals surface area contributed by atoms with Crippen molar-refractivity contribution < 1.29 is 4.74 Å². The third kappa shape index (κ3) is 2.15. The smallest absolute Gasteiger partial charge is 0.122 e. The van der Waals surface area contributed by atoms with Gasteiger partial charge in [-0.25, -0.2) is 0 Å². The Kier molecular flexibility index (Phi) is 3.27. The van der Waals surface area contributed by atoms with E-state index in [0.29, 0.717) is 12.5 Å². The highest BCUT2D eigenvalue weighted by Crippen LogP contribution is 2.38. The Bertz CT molecular complexity index is 329. The van der Waals surface area contributed by atoms with Gasteiger partial charge in [0, 0.05) is 6.54 Å². The Morgan fingerprint density at radius 2 is 2.07 bits per heavy atom. The van der Waals surface area contributed by atoms with Crippen LogP contribution in [0.4, 0.5) is 0 Å². The highest BCUT2D eigenvalue weighted by atomic mass is 16.5. The van der Waals surface area contributed by atoms with Crippen molar-refractivity contribution in [2.75, 3.05) is 7.11 Å². The van der Waals surface area contributed by atoms with Gasteiger partial charge in [-0.1, -0.05) is 25.0 Å². The maximum atomic E-state index is 5.67. The molecule has 2 nitrogen and oxygen atoms in total. The number of hydrogen-bond donors (Lipinski definition) is 1. The Balaban J connectivity index is 2.32. The van der Waals surface area contributed by atoms with E-state index in [2.05, 4.69) is 18.2 Å². The van der Waals surface area contributed by atoms with Gasteiger partial charge >= 0.3 is 0 Å². The van der Waals surface area contributed by atoms with Crippen molar-refractivity contribution >= 4 is 0 Å². The van der Waals surface area contributed by atoms with Gasteiger partial charge in [-0.2, -0.15) is 0 Å². The first-order valence-electron chi connectivity index (χ1n) is 5.72. The third-order valence-corrected chi connectivity index (χ3v) is 3.32. The van der Waals surface area contributed by atoms with Crippen molar-refractivity contribution in [3.8, 4) is 5.75 Å². The van der Waals surface area contributed by atoms with Crippen molar-refractivity contribution in [3.63, 3.8) is 0 Å². The molecular formula is C13H19NO. The number of rotatable bonds is 3. The van der Waals surface area contributed by atoms with Crippen molar-refractivity contribution in [2.45, 2.75) is 38.1 Å². The van der Waals surface area contributed by atoms with Crippen molar-refractivity contribution in [3.05, 3.63) is 29.3 Å². The molecule has 0 radical (unpaired) electrons. The summed E-state index contributed by atoms with van der Waals surface area (Å²) in [6.07, 6.45) is 5.29. The van der Waals surface area contributed by atoms with E-state index in [1.165, 1.54) is 36.8 Å². The molecule has 0 saturated heterocycles. The van der Waals surface area contributed by atoms with Gasteiger partial charge in [-0.3, -0.25) is 0 Å². The lowest BCUT2D eigenvalue weighted by Gasteiger charge is -2.15. The molecule has 0 unspecified atom stereocenters. The highest BCUT2D eigenvalue weighted by molar-refractivity contribution is 5.40. The van der Waals surface area contributed by atoms with Crippen molar-refractivity contribution in [2.24, 2.45) is 5.73 Å². The topological polar surface area (TPSA) is 35.2 Å². The van der Waals surface area contributed by atoms with Gasteiger partial charge < -0.3 is 10.5 Å². The molecule has 0 aromatic heterocycles. The second-order valence-electron chi connectivity index (χ2n) is 4.26. The van der Waals surface area contributed by atoms with E-state index in [-0.39, 0.29) is 0 Å². The summed E-state index contributed by atoms with van der Waals surface area (Å²) in [5, 5.41) is 0. The van der Waals surface area contributed by atoms with Crippen LogP contribution in [0.15, 0.2) is 18.2 Å². The largest absolute Gasteiger partial charge is 0.496 e. The molecule has 0 aliphatic heterocycles. The van der Waals surface area contributed by atoms with Crippen LogP contribution < -0.4 is 10.5 Å². The average molecular weight is 205 g/mol. The van der Waals surface area contributed by atoms with Crippen LogP contribution in [0.2, 0.25) is 0 Å². The van der Waals surface area contributed by atoms with Crippen LogP contribution in [0.1, 0.15) is 42.7 Å². The Morgan fingerprint density at radius 1 is 1.33 bits per heavy atom. The number of nitrogens with two attached hydrogens (primary N) is 1. The fraction of sp³-hybridized carbons (Fsp3) is 0.538. The van der Waals surface area contributed by atoms with Crippen LogP contribution in [0.3, 0.4) is 0 Å². The molecule has 0 bridgehead atoms. The Morgan fingerprint density at radius 3 is 2.67 bits per heavy atom. The maximum absolute atomic E-state index is 5.67. The van der Waals surface area contributed by atoms with Crippen LogP contribution >= 0.6 is 0 Å². The molecular weight excluding hydrogens is 186 g/mol. The molecule has 2 heteroatoms. The van der Waals surface area contributed by atoms with E-state index < -0.39 is 0 Å². The van der Waals surface area contributed by atoms with Crippen LogP contribution in [-0.4, -0.2) is 7.11 Å². The molecule has 15 heavy (non-hydrogen) atoms. The summed E-state index contributed by atoms with van der Waals surface area (Å²) < 4.78 is 5.42. The van der Waals surface area contributed by atoms with Crippen LogP contribution in [0, 0.1) is 0 Å². The molecule has 1 aromatic rings. The molecule has 1 aliphatic carbocycles. The summed E-state index contributed by atoms with van der Waals surface area (Å²) in [5.74, 6) is 1.71. The van der Waals surface area contributed by atoms with Crippen molar-refractivity contribution in [1.82, 2.24) is 0 Å². The summed E-state index contributed by atoms with van der Waals surface area (Å²) in [7, 11) is 1.75. The lowest BCUT2D eigenvalue weighted by atomic mass is 9.95. The van der Waals surface area contributed by atoms with Gasteiger partial charge in [0.1, 0.15) is 5.75 Å². The minimum Gasteiger partial charge on any atom is -0.496 e. The SMILES string of the molecule is COc1ccc(CN)cc1C1CCCC1. The lowest BCUT2D eigenvalue weighted by Crippen LogP contribution is -2.01. The average Bonchev–Trinajstić information content (AvgIpc) is 2.81. The minimum absolute atomic E-state index is 0.615. The molecule has 0 spiro atoms. The summed E-state index contributed by atoms with van der Waals surface area (Å²) in [4.78, 5) is 0. The summed E-state index contributed by atoms with van der Waals surface area (Å²) >= 11 is 0. The van der Waals surface area contributed by atoms with E-state index >= 15 is 0 Å². The molecule has 1 fully saturated rings. The monoisotopic (exact) mass is 205 g/mol. The van der Waals surface area contributed by atoms with Crippen LogP contribution in [0.25, 0.3) is 0 Å². The second kappa shape index (κ2) is 4.67. The molecule has 1 aromatic carbocycles. The highest BCUT2D eigenvalue weighted by Gasteiger charge is 2.20. The molecule has 0 heterocycles. The van der Waals surface area contributed by atoms with Crippen LogP contribution in [-0.2, 0) is 6.54 Å². The van der Waals surface area contributed by atoms with Crippen LogP contribution in [0.5, 0.6) is 5.75 Å². The fourth-order valence-electron chi connectivity index (χ4n) is 2.47. The molecule has 1 aliphatic rings. The first-order chi connectivity index (χ1) is 7.35. The summed E-state index contributed by atoms with van der Waals surface area (Å²) in [5.41, 5.74) is 8.23. The number of hydrogen-bond acceptors (Lipinski definition) is 2. The molecule has 0 atom stereocenters. The third-order valence-electron chi connectivity index (χ3n) is 3.32. The number of ether oxygens (including phenoxy) is 1. The molecule has 1 saturated carbocycles. The summed E-state index contributed by atoms with van der Waals surface area (Å²) in [6, 6.07) is 6.32. The molecule has 82 valence electrons. The molecule has 2 rings (SSSR count). The van der Waals surface area contributed by atoms with Gasteiger partial charge in [0.05, 0.1) is 7.11 Å². The second-order valence-corrected chi connectivity index (χ2v) is 4.26. The van der Waals surface area contributed by atoms with E-state index in [1.54, 1.807) is 7.11 Å². The quantitative estimate of drug-likeness (QED) is 0.823. The van der Waals surface area contributed by atoms with Gasteiger partial charge in [-0.15, -0.1) is 0 Å². The van der Waals surface area contributed by atoms with Crippen molar-refractivity contribution in [1.29, 1.82) is 0 Å². The zero-order chi connectivity index (χ0) is 10.7. The zero-order valence-electron chi connectivity index (χ0n) is 9.33. The standard InChI is InChI=1S/C13H19NO/c1-15-13-7-6-10(9-14)8-12(13)11-4-2-3-5-11/h6-8,11H,2-5,9,14H2,1H3. The lowest BCUT2D eigenvalue weighted by molar-refractivity contribution is 0.405. The van der Waals surface area contributed by atoms with Gasteiger partial charge in [-0.05, 0) is 36.0 Å². The van der Waals surface area contributed by atoms with Gasteiger partial charge in [0.2, 0.25) is 0 Å². The van der Waals surface area contributed by atoms with Gasteiger partial charge in [0.15, 0.2) is 0 Å². The van der Waals surface area contributed by atoms with E-state index in [0.717, 1.165) is 5.75 Å². The maximum Gasteiger partial charge on any atom is 0.122 e. The molecule has 2 N–H and O–H groups in total. The Labute approximate surface area is 91.4 Å². The normalized spacial score (nSPS) is 16.9. The summed E-state index contributed by atoms with van der Waals surface area (Å²) in [6.45, 7) is 0.615. The van der Waals surface area contributed by atoms with E-state index in [1.807, 2.05) is 0 Å². The molecule has 0 amide bonds. The zero-order valence-corrected chi connectivity index (χ0v) is 9.33. The first kappa shape index (κ1) is 10.5. The Hall–Kier alpha value is -1.02. The minimum atomic E-state index is 0.615. The van der Waals surface area contributed by atoms with Gasteiger partial charge in [0.25, 0.3) is 0 Å². The van der Waals surface area contributed by atoms with E-state index in [4.69, 9.17) is 10.5 Å². The number of benzene rings is 1. The predicted octanol–water partition coefficient (Wildman–Crippen LogP) is 2.81. The number of methoxy groups -OCH3 is 1. The first-order valence-corrected chi connectivity index (χ1v) is 5.72. The predicted molar refractivity (Wildman–Crippen MR) is 62.1 cm³/mol. The van der Waals surface area contributed by atoms with E-state index in [9.17, 15) is 0 Å².